The van der Waals surface area contributed by atoms with E-state index in [1.807, 2.05) is 42.6 Å². The van der Waals surface area contributed by atoms with Gasteiger partial charge in [-0.1, -0.05) is 53.9 Å². The first kappa shape index (κ1) is 21.4. The van der Waals surface area contributed by atoms with Gasteiger partial charge in [0.15, 0.2) is 0 Å². The van der Waals surface area contributed by atoms with Gasteiger partial charge < -0.3 is 0 Å². The molecule has 4 rings (SSSR count). The monoisotopic (exact) mass is 426 g/mol. The molecule has 0 radical (unpaired) electrons. The maximum Gasteiger partial charge on any atom is 0.113 e. The molecule has 1 unspecified atom stereocenters. The predicted molar refractivity (Wildman–Crippen MR) is 131 cm³/mol. The molecular weight excluding hydrogens is 400 g/mol. The van der Waals surface area contributed by atoms with E-state index in [0.29, 0.717) is 6.04 Å². The Kier molecular flexibility index (Phi) is 6.87. The first-order valence-electron chi connectivity index (χ1n) is 10.9. The van der Waals surface area contributed by atoms with Crippen molar-refractivity contribution in [1.82, 2.24) is 9.88 Å². The highest BCUT2D eigenvalue weighted by atomic mass is 35.5. The van der Waals surface area contributed by atoms with Crippen LogP contribution in [-0.4, -0.2) is 29.0 Å². The maximum absolute atomic E-state index is 5.96. The van der Waals surface area contributed by atoms with Gasteiger partial charge in [0.1, 0.15) is 5.69 Å². The minimum absolute atomic E-state index is 0.490. The van der Waals surface area contributed by atoms with Gasteiger partial charge in [-0.3, -0.25) is 4.90 Å². The third-order valence-corrected chi connectivity index (χ3v) is 6.08. The standard InChI is InChI=1S/C28H27ClN2/c1-21(19-22(2)31-17-3-4-18-31)24-8-5-23(6-9-24)7-15-28-16-12-26(20-30-28)25-10-13-27(29)14-11-25/h5-6,8-14,16,19-20,22H,3-4,17-18H2,1-2H3/b21-19+. The Hall–Kier alpha value is -2.86. The lowest BCUT2D eigenvalue weighted by atomic mass is 10.0. The summed E-state index contributed by atoms with van der Waals surface area (Å²) in [5, 5.41) is 0.733. The Morgan fingerprint density at radius 2 is 1.61 bits per heavy atom. The molecular formula is C28H27ClN2. The van der Waals surface area contributed by atoms with E-state index >= 15 is 0 Å². The van der Waals surface area contributed by atoms with Gasteiger partial charge in [0, 0.05) is 28.4 Å². The van der Waals surface area contributed by atoms with E-state index in [1.54, 1.807) is 0 Å². The van der Waals surface area contributed by atoms with E-state index in [9.17, 15) is 0 Å². The summed E-state index contributed by atoms with van der Waals surface area (Å²) in [7, 11) is 0. The molecule has 2 heterocycles. The summed E-state index contributed by atoms with van der Waals surface area (Å²) in [4.78, 5) is 7.04. The highest BCUT2D eigenvalue weighted by Gasteiger charge is 2.16. The van der Waals surface area contributed by atoms with Crippen LogP contribution >= 0.6 is 11.6 Å². The molecule has 0 N–H and O–H groups in total. The molecule has 0 spiro atoms. The van der Waals surface area contributed by atoms with Crippen molar-refractivity contribution in [2.24, 2.45) is 0 Å². The number of nitrogens with zero attached hydrogens (tertiary/aromatic N) is 2. The summed E-state index contributed by atoms with van der Waals surface area (Å²) in [6, 6.07) is 20.7. The number of hydrogen-bond donors (Lipinski definition) is 0. The molecule has 3 heteroatoms. The molecule has 1 fully saturated rings. The second kappa shape index (κ2) is 9.96. The number of rotatable bonds is 4. The Balaban J connectivity index is 1.42. The molecule has 0 aliphatic carbocycles. The number of aromatic nitrogens is 1. The topological polar surface area (TPSA) is 16.1 Å². The first-order chi connectivity index (χ1) is 15.1. The summed E-state index contributed by atoms with van der Waals surface area (Å²) in [6.07, 6.45) is 6.87. The molecule has 156 valence electrons. The lowest BCUT2D eigenvalue weighted by molar-refractivity contribution is 0.300. The molecule has 1 aliphatic heterocycles. The van der Waals surface area contributed by atoms with Gasteiger partial charge in [-0.25, -0.2) is 4.98 Å². The highest BCUT2D eigenvalue weighted by molar-refractivity contribution is 6.30. The quantitative estimate of drug-likeness (QED) is 0.432. The zero-order valence-electron chi connectivity index (χ0n) is 18.1. The van der Waals surface area contributed by atoms with Crippen LogP contribution in [-0.2, 0) is 0 Å². The van der Waals surface area contributed by atoms with Gasteiger partial charge in [0.25, 0.3) is 0 Å². The molecule has 1 saturated heterocycles. The number of benzene rings is 2. The van der Waals surface area contributed by atoms with Crippen LogP contribution in [0, 0.1) is 11.8 Å². The van der Waals surface area contributed by atoms with Crippen molar-refractivity contribution in [1.29, 1.82) is 0 Å². The Bertz CT molecular complexity index is 1090. The largest absolute Gasteiger partial charge is 0.297 e. The normalized spacial score (nSPS) is 15.4. The van der Waals surface area contributed by atoms with E-state index in [-0.39, 0.29) is 0 Å². The number of allylic oxidation sites excluding steroid dienone is 1. The van der Waals surface area contributed by atoms with Gasteiger partial charge in [0.05, 0.1) is 0 Å². The molecule has 1 aromatic heterocycles. The van der Waals surface area contributed by atoms with E-state index in [4.69, 9.17) is 11.6 Å². The van der Waals surface area contributed by atoms with Crippen LogP contribution in [0.25, 0.3) is 16.7 Å². The van der Waals surface area contributed by atoms with Gasteiger partial charge in [-0.15, -0.1) is 0 Å². The van der Waals surface area contributed by atoms with Gasteiger partial charge in [0.2, 0.25) is 0 Å². The molecule has 31 heavy (non-hydrogen) atoms. The third kappa shape index (κ3) is 5.64. The van der Waals surface area contributed by atoms with Crippen LogP contribution in [0.15, 0.2) is 72.9 Å². The number of hydrogen-bond acceptors (Lipinski definition) is 2. The number of likely N-dealkylation sites (tertiary alicyclic amines) is 1. The van der Waals surface area contributed by atoms with Crippen molar-refractivity contribution < 1.29 is 0 Å². The zero-order chi connectivity index (χ0) is 21.6. The first-order valence-corrected chi connectivity index (χ1v) is 11.2. The van der Waals surface area contributed by atoms with E-state index < -0.39 is 0 Å². The summed E-state index contributed by atoms with van der Waals surface area (Å²) >= 11 is 5.96. The van der Waals surface area contributed by atoms with Crippen LogP contribution < -0.4 is 0 Å². The lowest BCUT2D eigenvalue weighted by Gasteiger charge is -2.21. The fraction of sp³-hybridized carbons (Fsp3) is 0.250. The van der Waals surface area contributed by atoms with Crippen LogP contribution in [0.5, 0.6) is 0 Å². The summed E-state index contributed by atoms with van der Waals surface area (Å²) < 4.78 is 0. The third-order valence-electron chi connectivity index (χ3n) is 5.82. The van der Waals surface area contributed by atoms with Crippen molar-refractivity contribution >= 4 is 17.2 Å². The van der Waals surface area contributed by atoms with E-state index in [1.165, 1.54) is 37.1 Å². The maximum atomic E-state index is 5.96. The van der Waals surface area contributed by atoms with Crippen molar-refractivity contribution in [3.63, 3.8) is 0 Å². The Morgan fingerprint density at radius 3 is 2.26 bits per heavy atom. The zero-order valence-corrected chi connectivity index (χ0v) is 18.9. The van der Waals surface area contributed by atoms with E-state index in [2.05, 4.69) is 65.9 Å². The van der Waals surface area contributed by atoms with E-state index in [0.717, 1.165) is 27.4 Å². The SMILES string of the molecule is C/C(=C\C(C)N1CCCC1)c1ccc(C#Cc2ccc(-c3ccc(Cl)cc3)cn2)cc1. The Labute approximate surface area is 190 Å². The fourth-order valence-electron chi connectivity index (χ4n) is 3.95. The van der Waals surface area contributed by atoms with Crippen molar-refractivity contribution in [2.75, 3.05) is 13.1 Å². The fourth-order valence-corrected chi connectivity index (χ4v) is 4.07. The molecule has 2 nitrogen and oxygen atoms in total. The van der Waals surface area contributed by atoms with Crippen molar-refractivity contribution in [3.05, 3.63) is 94.8 Å². The molecule has 3 aromatic rings. The van der Waals surface area contributed by atoms with Gasteiger partial charge >= 0.3 is 0 Å². The predicted octanol–water partition coefficient (Wildman–Crippen LogP) is 6.69. The van der Waals surface area contributed by atoms with Crippen molar-refractivity contribution in [3.8, 4) is 23.0 Å². The molecule has 2 aromatic carbocycles. The summed E-state index contributed by atoms with van der Waals surface area (Å²) in [5.41, 5.74) is 6.47. The molecule has 0 saturated carbocycles. The van der Waals surface area contributed by atoms with Gasteiger partial charge in [-0.05, 0) is 92.7 Å². The van der Waals surface area contributed by atoms with Crippen LogP contribution in [0.1, 0.15) is 43.5 Å². The van der Waals surface area contributed by atoms with Crippen LogP contribution in [0.3, 0.4) is 0 Å². The number of pyridine rings is 1. The van der Waals surface area contributed by atoms with Crippen LogP contribution in [0.4, 0.5) is 0 Å². The lowest BCUT2D eigenvalue weighted by Crippen LogP contribution is -2.28. The number of halogens is 1. The molecule has 1 aliphatic rings. The average molecular weight is 427 g/mol. The second-order valence-corrected chi connectivity index (χ2v) is 8.54. The second-order valence-electron chi connectivity index (χ2n) is 8.10. The molecule has 0 amide bonds. The smallest absolute Gasteiger partial charge is 0.113 e. The Morgan fingerprint density at radius 1 is 0.935 bits per heavy atom. The molecule has 0 bridgehead atoms. The van der Waals surface area contributed by atoms with Gasteiger partial charge in [-0.2, -0.15) is 0 Å². The minimum atomic E-state index is 0.490. The highest BCUT2D eigenvalue weighted by Crippen LogP contribution is 2.21. The minimum Gasteiger partial charge on any atom is -0.297 e. The summed E-state index contributed by atoms with van der Waals surface area (Å²) in [6.45, 7) is 6.92. The summed E-state index contributed by atoms with van der Waals surface area (Å²) in [5.74, 6) is 6.38. The molecule has 1 atom stereocenters. The van der Waals surface area contributed by atoms with Crippen LogP contribution in [0.2, 0.25) is 5.02 Å². The van der Waals surface area contributed by atoms with Crippen molar-refractivity contribution in [2.45, 2.75) is 32.7 Å². The average Bonchev–Trinajstić information content (AvgIpc) is 3.34.